The lowest BCUT2D eigenvalue weighted by atomic mass is 10.1. The Kier molecular flexibility index (Phi) is 7.70. The monoisotopic (exact) mass is 556 g/mol. The fourth-order valence-corrected chi connectivity index (χ4v) is 4.73. The number of benzene rings is 3. The molecule has 208 valence electrons. The van der Waals surface area contributed by atoms with Crippen molar-refractivity contribution in [2.45, 2.75) is 39.0 Å². The summed E-state index contributed by atoms with van der Waals surface area (Å²) in [6.07, 6.45) is -1.33. The average Bonchev–Trinajstić information content (AvgIpc) is 2.96. The zero-order valence-corrected chi connectivity index (χ0v) is 22.5. The number of aromatic nitrogens is 3. The van der Waals surface area contributed by atoms with Gasteiger partial charge in [-0.25, -0.2) is 4.98 Å². The molecule has 0 radical (unpaired) electrons. The first-order valence-electron chi connectivity index (χ1n) is 13.0. The molecule has 5 aromatic rings. The number of para-hydroxylation sites is 1. The standard InChI is InChI=1S/C32H27F3N4O2/c1-21-9-15-26(16-10-21)39-30(37-28-8-4-3-7-27(28)31(39)41)22(2)38(20-24-6-5-17-36-19-24)29(40)18-23-11-13-25(14-12-23)32(33,34)35/h3-17,19,22H,18,20H2,1-2H3/t22-/m1/s1. The summed E-state index contributed by atoms with van der Waals surface area (Å²) in [5, 5.41) is 0.443. The van der Waals surface area contributed by atoms with Gasteiger partial charge in [-0.3, -0.25) is 19.1 Å². The lowest BCUT2D eigenvalue weighted by Crippen LogP contribution is -2.38. The topological polar surface area (TPSA) is 68.1 Å². The normalized spacial score (nSPS) is 12.3. The van der Waals surface area contributed by atoms with E-state index in [1.54, 1.807) is 54.5 Å². The Morgan fingerprint density at radius 1 is 0.927 bits per heavy atom. The molecule has 2 heterocycles. The second kappa shape index (κ2) is 11.4. The van der Waals surface area contributed by atoms with Gasteiger partial charge in [0, 0.05) is 18.9 Å². The number of amides is 1. The first kappa shape index (κ1) is 27.8. The van der Waals surface area contributed by atoms with Crippen LogP contribution in [0.25, 0.3) is 16.6 Å². The van der Waals surface area contributed by atoms with Gasteiger partial charge in [0.1, 0.15) is 5.82 Å². The summed E-state index contributed by atoms with van der Waals surface area (Å²) in [4.78, 5) is 38.2. The Labute approximate surface area is 234 Å². The molecule has 6 nitrogen and oxygen atoms in total. The number of alkyl halides is 3. The van der Waals surface area contributed by atoms with Crippen LogP contribution in [0.15, 0.2) is 102 Å². The van der Waals surface area contributed by atoms with Crippen LogP contribution in [0.3, 0.4) is 0 Å². The zero-order valence-electron chi connectivity index (χ0n) is 22.5. The second-order valence-corrected chi connectivity index (χ2v) is 9.89. The molecular formula is C32H27F3N4O2. The summed E-state index contributed by atoms with van der Waals surface area (Å²) in [5.41, 5.74) is 2.28. The van der Waals surface area contributed by atoms with Gasteiger partial charge in [0.15, 0.2) is 0 Å². The van der Waals surface area contributed by atoms with Gasteiger partial charge in [-0.1, -0.05) is 48.0 Å². The largest absolute Gasteiger partial charge is 0.416 e. The highest BCUT2D eigenvalue weighted by Gasteiger charge is 2.31. The van der Waals surface area contributed by atoms with E-state index in [1.807, 2.05) is 37.3 Å². The molecule has 0 saturated carbocycles. The van der Waals surface area contributed by atoms with Crippen LogP contribution in [0, 0.1) is 6.92 Å². The van der Waals surface area contributed by atoms with E-state index >= 15 is 0 Å². The minimum atomic E-state index is -4.47. The van der Waals surface area contributed by atoms with Crippen LogP contribution in [0.5, 0.6) is 0 Å². The van der Waals surface area contributed by atoms with E-state index in [0.717, 1.165) is 23.3 Å². The molecule has 2 aromatic heterocycles. The number of carbonyl (C=O) groups excluding carboxylic acids is 1. The van der Waals surface area contributed by atoms with Crippen molar-refractivity contribution in [3.8, 4) is 5.69 Å². The number of carbonyl (C=O) groups is 1. The lowest BCUT2D eigenvalue weighted by Gasteiger charge is -2.31. The molecule has 0 aliphatic heterocycles. The Hall–Kier alpha value is -4.79. The maximum Gasteiger partial charge on any atom is 0.416 e. The number of rotatable bonds is 7. The third kappa shape index (κ3) is 6.04. The Bertz CT molecular complexity index is 1730. The van der Waals surface area contributed by atoms with Crippen molar-refractivity contribution < 1.29 is 18.0 Å². The summed E-state index contributed by atoms with van der Waals surface area (Å²) in [6, 6.07) is 22.0. The van der Waals surface area contributed by atoms with Crippen LogP contribution in [-0.4, -0.2) is 25.3 Å². The fraction of sp³-hybridized carbons (Fsp3) is 0.188. The number of hydrogen-bond donors (Lipinski definition) is 0. The van der Waals surface area contributed by atoms with Crippen molar-refractivity contribution in [2.24, 2.45) is 0 Å². The predicted molar refractivity (Wildman–Crippen MR) is 150 cm³/mol. The highest BCUT2D eigenvalue weighted by molar-refractivity contribution is 5.80. The van der Waals surface area contributed by atoms with Crippen LogP contribution in [-0.2, 0) is 23.9 Å². The number of aryl methyl sites for hydroxylation is 1. The zero-order chi connectivity index (χ0) is 29.1. The van der Waals surface area contributed by atoms with Crippen LogP contribution < -0.4 is 5.56 Å². The third-order valence-corrected chi connectivity index (χ3v) is 6.97. The molecule has 0 unspecified atom stereocenters. The van der Waals surface area contributed by atoms with E-state index in [2.05, 4.69) is 4.98 Å². The van der Waals surface area contributed by atoms with Gasteiger partial charge in [-0.15, -0.1) is 0 Å². The SMILES string of the molecule is Cc1ccc(-n2c([C@@H](C)N(Cc3cccnc3)C(=O)Cc3ccc(C(F)(F)F)cc3)nc3ccccc3c2=O)cc1. The lowest BCUT2D eigenvalue weighted by molar-refractivity contribution is -0.137. The molecule has 5 rings (SSSR count). The molecule has 3 aromatic carbocycles. The highest BCUT2D eigenvalue weighted by atomic mass is 19.4. The number of nitrogens with zero attached hydrogens (tertiary/aromatic N) is 4. The van der Waals surface area contributed by atoms with Gasteiger partial charge in [0.2, 0.25) is 5.91 Å². The molecule has 0 spiro atoms. The summed E-state index contributed by atoms with van der Waals surface area (Å²) < 4.78 is 40.7. The molecule has 0 saturated heterocycles. The van der Waals surface area contributed by atoms with Gasteiger partial charge in [0.25, 0.3) is 5.56 Å². The second-order valence-electron chi connectivity index (χ2n) is 9.89. The van der Waals surface area contributed by atoms with Crippen molar-refractivity contribution >= 4 is 16.8 Å². The first-order chi connectivity index (χ1) is 19.6. The quantitative estimate of drug-likeness (QED) is 0.231. The van der Waals surface area contributed by atoms with Gasteiger partial charge >= 0.3 is 6.18 Å². The molecular weight excluding hydrogens is 529 g/mol. The summed E-state index contributed by atoms with van der Waals surface area (Å²) in [5.74, 6) is 0.0289. The van der Waals surface area contributed by atoms with E-state index in [0.29, 0.717) is 28.0 Å². The van der Waals surface area contributed by atoms with Crippen LogP contribution in [0.2, 0.25) is 0 Å². The predicted octanol–water partition coefficient (Wildman–Crippen LogP) is 6.44. The van der Waals surface area contributed by atoms with Crippen molar-refractivity contribution in [1.29, 1.82) is 0 Å². The van der Waals surface area contributed by atoms with Crippen LogP contribution in [0.1, 0.15) is 41.0 Å². The van der Waals surface area contributed by atoms with Crippen molar-refractivity contribution in [2.75, 3.05) is 0 Å². The third-order valence-electron chi connectivity index (χ3n) is 6.97. The summed E-state index contributed by atoms with van der Waals surface area (Å²) in [6.45, 7) is 3.90. The Morgan fingerprint density at radius 3 is 2.29 bits per heavy atom. The van der Waals surface area contributed by atoms with Crippen LogP contribution in [0.4, 0.5) is 13.2 Å². The molecule has 41 heavy (non-hydrogen) atoms. The number of fused-ring (bicyclic) bond motifs is 1. The maximum atomic E-state index is 13.8. The van der Waals surface area contributed by atoms with E-state index in [9.17, 15) is 22.8 Å². The Balaban J connectivity index is 1.59. The highest BCUT2D eigenvalue weighted by Crippen LogP contribution is 2.30. The molecule has 0 aliphatic rings. The molecule has 9 heteroatoms. The van der Waals surface area contributed by atoms with Gasteiger partial charge in [-0.2, -0.15) is 13.2 Å². The van der Waals surface area contributed by atoms with Gasteiger partial charge in [-0.05, 0) is 67.4 Å². The molecule has 1 atom stereocenters. The fourth-order valence-electron chi connectivity index (χ4n) is 4.73. The Morgan fingerprint density at radius 2 is 1.63 bits per heavy atom. The number of pyridine rings is 1. The molecule has 0 fully saturated rings. The minimum Gasteiger partial charge on any atom is -0.328 e. The molecule has 1 amide bonds. The molecule has 0 aliphatic carbocycles. The minimum absolute atomic E-state index is 0.134. The van der Waals surface area contributed by atoms with Crippen molar-refractivity contribution in [3.63, 3.8) is 0 Å². The summed E-state index contributed by atoms with van der Waals surface area (Å²) >= 11 is 0. The smallest absolute Gasteiger partial charge is 0.328 e. The summed E-state index contributed by atoms with van der Waals surface area (Å²) in [7, 11) is 0. The maximum absolute atomic E-state index is 13.8. The number of halogens is 3. The van der Waals surface area contributed by atoms with Crippen molar-refractivity contribution in [3.05, 3.63) is 136 Å². The van der Waals surface area contributed by atoms with E-state index in [1.165, 1.54) is 16.7 Å². The average molecular weight is 557 g/mol. The van der Waals surface area contributed by atoms with Crippen LogP contribution >= 0.6 is 0 Å². The molecule has 0 bridgehead atoms. The van der Waals surface area contributed by atoms with Gasteiger partial charge < -0.3 is 4.90 Å². The van der Waals surface area contributed by atoms with E-state index in [-0.39, 0.29) is 24.4 Å². The van der Waals surface area contributed by atoms with Gasteiger partial charge in [0.05, 0.1) is 34.6 Å². The van der Waals surface area contributed by atoms with Crippen molar-refractivity contribution in [1.82, 2.24) is 19.4 Å². The van der Waals surface area contributed by atoms with E-state index in [4.69, 9.17) is 4.98 Å². The number of hydrogen-bond acceptors (Lipinski definition) is 4. The molecule has 0 N–H and O–H groups in total. The first-order valence-corrected chi connectivity index (χ1v) is 13.0. The van der Waals surface area contributed by atoms with E-state index < -0.39 is 17.8 Å².